The molecule has 1 amide bonds. The van der Waals surface area contributed by atoms with Crippen molar-refractivity contribution >= 4 is 17.5 Å². The van der Waals surface area contributed by atoms with Crippen molar-refractivity contribution in [2.45, 2.75) is 19.0 Å². The molecule has 1 unspecified atom stereocenters. The van der Waals surface area contributed by atoms with Crippen molar-refractivity contribution < 1.29 is 9.53 Å². The Balaban J connectivity index is 1.54. The van der Waals surface area contributed by atoms with E-state index in [0.717, 1.165) is 5.56 Å². The molecule has 0 aliphatic carbocycles. The zero-order valence-corrected chi connectivity index (χ0v) is 18.2. The van der Waals surface area contributed by atoms with Crippen LogP contribution >= 0.6 is 11.6 Å². The van der Waals surface area contributed by atoms with Gasteiger partial charge < -0.3 is 15.0 Å². The van der Waals surface area contributed by atoms with Crippen molar-refractivity contribution in [1.82, 2.24) is 29.7 Å². The number of nitrogens with one attached hydrogen (secondary N) is 1. The maximum Gasteiger partial charge on any atom is 0.255 e. The van der Waals surface area contributed by atoms with E-state index in [9.17, 15) is 9.59 Å². The topological polar surface area (TPSA) is 102 Å². The van der Waals surface area contributed by atoms with Gasteiger partial charge >= 0.3 is 0 Å². The molecule has 1 atom stereocenters. The Morgan fingerprint density at radius 3 is 2.94 bits per heavy atom. The molecule has 10 heteroatoms. The van der Waals surface area contributed by atoms with E-state index in [0.29, 0.717) is 66.2 Å². The van der Waals surface area contributed by atoms with Gasteiger partial charge in [-0.3, -0.25) is 14.2 Å². The zero-order valence-electron chi connectivity index (χ0n) is 17.4. The van der Waals surface area contributed by atoms with Crippen LogP contribution in [0.1, 0.15) is 27.8 Å². The Morgan fingerprint density at radius 2 is 2.12 bits per heavy atom. The first kappa shape index (κ1) is 20.6. The Morgan fingerprint density at radius 1 is 1.25 bits per heavy atom. The predicted molar refractivity (Wildman–Crippen MR) is 118 cm³/mol. The Labute approximate surface area is 189 Å². The third-order valence-corrected chi connectivity index (χ3v) is 5.91. The number of hydrogen-bond donors (Lipinski definition) is 1. The van der Waals surface area contributed by atoms with Gasteiger partial charge in [0.2, 0.25) is 0 Å². The normalized spacial score (nSPS) is 17.8. The second-order valence-electron chi connectivity index (χ2n) is 7.91. The van der Waals surface area contributed by atoms with E-state index in [1.54, 1.807) is 22.9 Å². The van der Waals surface area contributed by atoms with Crippen LogP contribution in [0, 0.1) is 0 Å². The zero-order chi connectivity index (χ0) is 22.2. The molecule has 0 spiro atoms. The highest BCUT2D eigenvalue weighted by Crippen LogP contribution is 2.33. The van der Waals surface area contributed by atoms with Gasteiger partial charge in [-0.1, -0.05) is 11.6 Å². The largest absolute Gasteiger partial charge is 0.492 e. The van der Waals surface area contributed by atoms with E-state index in [2.05, 4.69) is 20.2 Å². The van der Waals surface area contributed by atoms with Crippen LogP contribution in [-0.2, 0) is 13.0 Å². The lowest BCUT2D eigenvalue weighted by molar-refractivity contribution is 0.0924. The fraction of sp³-hybridized carbons (Fsp3) is 0.318. The average Bonchev–Trinajstić information content (AvgIpc) is 3.19. The number of hydrogen-bond acceptors (Lipinski definition) is 7. The lowest BCUT2D eigenvalue weighted by Gasteiger charge is -2.22. The van der Waals surface area contributed by atoms with Crippen LogP contribution in [-0.4, -0.2) is 57.1 Å². The lowest BCUT2D eigenvalue weighted by atomic mass is 10.1. The fourth-order valence-electron chi connectivity index (χ4n) is 4.13. The SMILES string of the molecule is CN1CCn2c(nc(-c3ccncn3)cc2=O)C(NC(=O)c2cc(Cl)cc3c2OCC3)C1. The monoisotopic (exact) mass is 452 g/mol. The lowest BCUT2D eigenvalue weighted by Crippen LogP contribution is -2.37. The van der Waals surface area contributed by atoms with Gasteiger partial charge in [0.15, 0.2) is 0 Å². The first-order valence-corrected chi connectivity index (χ1v) is 10.7. The molecule has 32 heavy (non-hydrogen) atoms. The number of ether oxygens (including phenoxy) is 1. The molecular formula is C22H21ClN6O3. The number of carbonyl (C=O) groups is 1. The van der Waals surface area contributed by atoms with Crippen molar-refractivity contribution in [3.8, 4) is 17.1 Å². The molecule has 1 aromatic carbocycles. The number of nitrogens with zero attached hydrogens (tertiary/aromatic N) is 5. The number of likely N-dealkylation sites (N-methyl/N-ethyl adjacent to an activating group) is 1. The van der Waals surface area contributed by atoms with Crippen LogP contribution in [0.25, 0.3) is 11.4 Å². The highest BCUT2D eigenvalue weighted by atomic mass is 35.5. The van der Waals surface area contributed by atoms with E-state index in [-0.39, 0.29) is 11.5 Å². The van der Waals surface area contributed by atoms with Crippen LogP contribution in [0.4, 0.5) is 0 Å². The molecule has 2 aromatic heterocycles. The summed E-state index contributed by atoms with van der Waals surface area (Å²) in [6, 6.07) is 6.08. The third-order valence-electron chi connectivity index (χ3n) is 5.69. The molecule has 0 bridgehead atoms. The predicted octanol–water partition coefficient (Wildman–Crippen LogP) is 1.71. The van der Waals surface area contributed by atoms with Crippen LogP contribution in [0.2, 0.25) is 5.02 Å². The molecular weight excluding hydrogens is 432 g/mol. The van der Waals surface area contributed by atoms with Crippen LogP contribution in [0.3, 0.4) is 0 Å². The highest BCUT2D eigenvalue weighted by Gasteiger charge is 2.29. The highest BCUT2D eigenvalue weighted by molar-refractivity contribution is 6.31. The number of benzene rings is 1. The second kappa shape index (κ2) is 8.33. The minimum Gasteiger partial charge on any atom is -0.492 e. The van der Waals surface area contributed by atoms with Crippen molar-refractivity contribution in [2.24, 2.45) is 0 Å². The molecule has 164 valence electrons. The Kier molecular flexibility index (Phi) is 5.36. The molecule has 0 saturated carbocycles. The van der Waals surface area contributed by atoms with E-state index in [4.69, 9.17) is 21.3 Å². The molecule has 2 aliphatic heterocycles. The van der Waals surface area contributed by atoms with Gasteiger partial charge in [0.25, 0.3) is 11.5 Å². The summed E-state index contributed by atoms with van der Waals surface area (Å²) in [5.74, 6) is 0.733. The summed E-state index contributed by atoms with van der Waals surface area (Å²) in [5, 5.41) is 3.53. The summed E-state index contributed by atoms with van der Waals surface area (Å²) in [6.45, 7) is 2.15. The van der Waals surface area contributed by atoms with Crippen LogP contribution in [0.15, 0.2) is 41.6 Å². The molecule has 5 rings (SSSR count). The summed E-state index contributed by atoms with van der Waals surface area (Å²) in [5.41, 5.74) is 2.10. The van der Waals surface area contributed by atoms with Gasteiger partial charge in [-0.25, -0.2) is 15.0 Å². The van der Waals surface area contributed by atoms with Gasteiger partial charge in [0.05, 0.1) is 23.6 Å². The van der Waals surface area contributed by atoms with E-state index in [1.807, 2.05) is 13.1 Å². The minimum atomic E-state index is -0.513. The van der Waals surface area contributed by atoms with Crippen molar-refractivity contribution in [3.63, 3.8) is 0 Å². The first-order valence-electron chi connectivity index (χ1n) is 10.3. The van der Waals surface area contributed by atoms with E-state index < -0.39 is 6.04 Å². The Bertz CT molecular complexity index is 1250. The smallest absolute Gasteiger partial charge is 0.255 e. The van der Waals surface area contributed by atoms with Crippen LogP contribution in [0.5, 0.6) is 5.75 Å². The summed E-state index contributed by atoms with van der Waals surface area (Å²) in [7, 11) is 1.95. The van der Waals surface area contributed by atoms with Gasteiger partial charge in [-0.15, -0.1) is 0 Å². The first-order chi connectivity index (χ1) is 15.5. The second-order valence-corrected chi connectivity index (χ2v) is 8.35. The van der Waals surface area contributed by atoms with Crippen molar-refractivity contribution in [2.75, 3.05) is 26.7 Å². The average molecular weight is 453 g/mol. The van der Waals surface area contributed by atoms with E-state index in [1.165, 1.54) is 12.4 Å². The van der Waals surface area contributed by atoms with Gasteiger partial charge in [0, 0.05) is 43.3 Å². The quantitative estimate of drug-likeness (QED) is 0.645. The number of amides is 1. The van der Waals surface area contributed by atoms with Crippen molar-refractivity contribution in [1.29, 1.82) is 0 Å². The summed E-state index contributed by atoms with van der Waals surface area (Å²) >= 11 is 6.24. The maximum atomic E-state index is 13.3. The van der Waals surface area contributed by atoms with Gasteiger partial charge in [-0.05, 0) is 30.8 Å². The molecule has 1 N–H and O–H groups in total. The standard InChI is InChI=1S/C22H21ClN6O3/c1-28-5-6-29-19(30)10-17(16-2-4-24-12-25-16)26-21(29)18(11-28)27-22(31)15-9-14(23)8-13-3-7-32-20(13)15/h2,4,8-10,12,18H,3,5-7,11H2,1H3,(H,27,31). The summed E-state index contributed by atoms with van der Waals surface area (Å²) in [6.07, 6.45) is 3.72. The van der Waals surface area contributed by atoms with Crippen molar-refractivity contribution in [3.05, 3.63) is 69.1 Å². The number of aromatic nitrogens is 4. The minimum absolute atomic E-state index is 0.190. The van der Waals surface area contributed by atoms with Crippen LogP contribution < -0.4 is 15.6 Å². The molecule has 4 heterocycles. The number of rotatable bonds is 3. The van der Waals surface area contributed by atoms with Gasteiger partial charge in [-0.2, -0.15) is 0 Å². The fourth-order valence-corrected chi connectivity index (χ4v) is 4.37. The number of halogens is 1. The third kappa shape index (κ3) is 3.85. The molecule has 2 aliphatic rings. The summed E-state index contributed by atoms with van der Waals surface area (Å²) in [4.78, 5) is 41.1. The molecule has 0 radical (unpaired) electrons. The number of fused-ring (bicyclic) bond motifs is 2. The summed E-state index contributed by atoms with van der Waals surface area (Å²) < 4.78 is 7.30. The maximum absolute atomic E-state index is 13.3. The molecule has 0 fully saturated rings. The Hall–Kier alpha value is -3.30. The molecule has 9 nitrogen and oxygen atoms in total. The molecule has 0 saturated heterocycles. The van der Waals surface area contributed by atoms with E-state index >= 15 is 0 Å². The van der Waals surface area contributed by atoms with Gasteiger partial charge in [0.1, 0.15) is 23.9 Å². The number of carbonyl (C=O) groups excluding carboxylic acids is 1. The molecule has 3 aromatic rings.